The molecule has 0 unspecified atom stereocenters. The quantitative estimate of drug-likeness (QED) is 0.118. The van der Waals surface area contributed by atoms with E-state index in [4.69, 9.17) is 14.7 Å². The number of nitrogens with one attached hydrogen (secondary N) is 2. The minimum absolute atomic E-state index is 0.0122. The maximum atomic E-state index is 13.7. The minimum atomic E-state index is -0.776. The molecule has 3 atom stereocenters. The lowest BCUT2D eigenvalue weighted by Gasteiger charge is -2.17. The number of ketones is 1. The summed E-state index contributed by atoms with van der Waals surface area (Å²) in [6.45, 7) is 20.6. The van der Waals surface area contributed by atoms with E-state index < -0.39 is 6.10 Å². The van der Waals surface area contributed by atoms with Crippen LogP contribution in [-0.4, -0.2) is 43.4 Å². The van der Waals surface area contributed by atoms with Crippen LogP contribution in [0.25, 0.3) is 33.2 Å². The smallest absolute Gasteiger partial charge is 0.306 e. The van der Waals surface area contributed by atoms with Gasteiger partial charge in [0.1, 0.15) is 6.61 Å². The van der Waals surface area contributed by atoms with Crippen LogP contribution in [0.5, 0.6) is 0 Å². The molecule has 0 aromatic carbocycles. The van der Waals surface area contributed by atoms with Gasteiger partial charge in [0.2, 0.25) is 0 Å². The fourth-order valence-corrected chi connectivity index (χ4v) is 8.55. The van der Waals surface area contributed by atoms with Crippen LogP contribution in [0.4, 0.5) is 0 Å². The highest BCUT2D eigenvalue weighted by molar-refractivity contribution is 6.32. The number of aromatic nitrogens is 4. The first kappa shape index (κ1) is 39.4. The van der Waals surface area contributed by atoms with Gasteiger partial charge in [-0.2, -0.15) is 0 Å². The van der Waals surface area contributed by atoms with E-state index in [2.05, 4.69) is 63.7 Å². The summed E-state index contributed by atoms with van der Waals surface area (Å²) in [7, 11) is 0. The number of aryl methyl sites for hydroxylation is 3. The number of allylic oxidation sites excluding steroid dienone is 7. The van der Waals surface area contributed by atoms with Gasteiger partial charge in [0, 0.05) is 69.1 Å². The summed E-state index contributed by atoms with van der Waals surface area (Å²) in [4.78, 5) is 44.3. The summed E-state index contributed by atoms with van der Waals surface area (Å²) >= 11 is 0. The van der Waals surface area contributed by atoms with Crippen LogP contribution in [0.3, 0.4) is 0 Å². The predicted molar refractivity (Wildman–Crippen MR) is 228 cm³/mol. The lowest BCUT2D eigenvalue weighted by atomic mass is 9.85. The Morgan fingerprint density at radius 3 is 2.36 bits per heavy atom. The van der Waals surface area contributed by atoms with Crippen molar-refractivity contribution in [3.05, 3.63) is 104 Å². The molecule has 2 aliphatic heterocycles. The van der Waals surface area contributed by atoms with E-state index in [-0.39, 0.29) is 49.1 Å². The van der Waals surface area contributed by atoms with Gasteiger partial charge in [-0.25, -0.2) is 4.98 Å². The molecule has 56 heavy (non-hydrogen) atoms. The molecule has 8 bridgehead atoms. The molecular formula is C48H60N4O4. The van der Waals surface area contributed by atoms with Gasteiger partial charge in [0.25, 0.3) is 0 Å². The van der Waals surface area contributed by atoms with Gasteiger partial charge in [-0.1, -0.05) is 42.7 Å². The Morgan fingerprint density at radius 2 is 1.66 bits per heavy atom. The Labute approximate surface area is 333 Å². The van der Waals surface area contributed by atoms with Gasteiger partial charge in [-0.05, 0) is 140 Å². The molecule has 0 saturated heterocycles. The third-order valence-electron chi connectivity index (χ3n) is 11.9. The van der Waals surface area contributed by atoms with Crippen molar-refractivity contribution < 1.29 is 20.8 Å². The number of aliphatic hydroxyl groups excluding tert-OH is 1. The van der Waals surface area contributed by atoms with Crippen LogP contribution in [-0.2, 0) is 27.2 Å². The lowest BCUT2D eigenvalue weighted by molar-refractivity contribution is -0.142. The predicted octanol–water partition coefficient (Wildman–Crippen LogP) is 11.2. The summed E-state index contributed by atoms with van der Waals surface area (Å²) < 4.78 is 15.3. The minimum Gasteiger partial charge on any atom is -0.461 e. The Balaban J connectivity index is 1.35. The Bertz CT molecular complexity index is 2400. The van der Waals surface area contributed by atoms with Crippen LogP contribution in [0, 0.1) is 13.8 Å². The van der Waals surface area contributed by atoms with Crippen LogP contribution < -0.4 is 0 Å². The molecule has 0 amide bonds. The number of H-pyrrole nitrogens is 2. The number of hydrogen-bond donors (Lipinski definition) is 3. The van der Waals surface area contributed by atoms with Gasteiger partial charge in [-0.3, -0.25) is 14.6 Å². The maximum absolute atomic E-state index is 13.7. The van der Waals surface area contributed by atoms with Crippen LogP contribution in [0.2, 0.25) is 0 Å². The molecule has 3 aliphatic rings. The first-order chi connectivity index (χ1) is 27.1. The molecule has 6 rings (SSSR count). The van der Waals surface area contributed by atoms with Crippen molar-refractivity contribution in [3.8, 4) is 0 Å². The molecule has 8 nitrogen and oxygen atoms in total. The van der Waals surface area contributed by atoms with Crippen molar-refractivity contribution in [2.75, 3.05) is 6.61 Å². The fourth-order valence-electron chi connectivity index (χ4n) is 8.55. The van der Waals surface area contributed by atoms with E-state index in [1.165, 1.54) is 16.7 Å². The van der Waals surface area contributed by atoms with Crippen molar-refractivity contribution in [2.45, 2.75) is 139 Å². The number of carbonyl (C=O) groups is 2. The highest BCUT2D eigenvalue weighted by Crippen LogP contribution is 2.46. The number of ether oxygens (including phenoxy) is 1. The van der Waals surface area contributed by atoms with Crippen LogP contribution >= 0.6 is 0 Å². The Kier molecular flexibility index (Phi) is 12.1. The normalized spacial score (nSPS) is 17.8. The topological polar surface area (TPSA) is 121 Å². The van der Waals surface area contributed by atoms with Gasteiger partial charge in [0.05, 0.1) is 24.6 Å². The van der Waals surface area contributed by atoms with Crippen molar-refractivity contribution in [1.82, 2.24) is 19.9 Å². The molecule has 1 aliphatic carbocycles. The first-order valence-electron chi connectivity index (χ1n) is 20.9. The lowest BCUT2D eigenvalue weighted by Crippen LogP contribution is -2.10. The Morgan fingerprint density at radius 1 is 0.964 bits per heavy atom. The highest BCUT2D eigenvalue weighted by Gasteiger charge is 2.39. The number of fused-ring (bicyclic) bond motifs is 8. The molecule has 3 aromatic heterocycles. The zero-order valence-corrected chi connectivity index (χ0v) is 35.0. The summed E-state index contributed by atoms with van der Waals surface area (Å²) in [6, 6.07) is 4.28. The summed E-state index contributed by atoms with van der Waals surface area (Å²) in [5.41, 5.74) is 15.8. The van der Waals surface area contributed by atoms with Gasteiger partial charge >= 0.3 is 5.97 Å². The third-order valence-corrected chi connectivity index (χ3v) is 11.9. The van der Waals surface area contributed by atoms with Crippen LogP contribution in [0.15, 0.2) is 53.1 Å². The fraction of sp³-hybridized carbons (Fsp3) is 0.458. The number of hydrogen-bond acceptors (Lipinski definition) is 6. The number of aliphatic hydroxyl groups is 1. The SMILES string of the molecule is [2H]c1c2nc(c3c4nc(cc5[nH]c(cc6[nH]c1c(C)c6[C@H](C)O)c(C)c5CC)C(C)=C4C(=O)C3)[C@@H](CCC(=O)OC/C=C(\C)CC/C=C(\C)CCC=C(C)C)[C@@H]2C. The highest BCUT2D eigenvalue weighted by atomic mass is 16.5. The molecule has 5 heterocycles. The van der Waals surface area contributed by atoms with E-state index in [1.807, 2.05) is 39.0 Å². The second-order valence-electron chi connectivity index (χ2n) is 16.3. The van der Waals surface area contributed by atoms with E-state index in [1.54, 1.807) is 6.92 Å². The monoisotopic (exact) mass is 757 g/mol. The molecule has 3 N–H and O–H groups in total. The summed E-state index contributed by atoms with van der Waals surface area (Å²) in [5, 5.41) is 11.0. The van der Waals surface area contributed by atoms with Crippen LogP contribution in [0.1, 0.15) is 164 Å². The zero-order valence-electron chi connectivity index (χ0n) is 36.0. The number of nitrogens with zero attached hydrogens (tertiary/aromatic N) is 2. The van der Waals surface area contributed by atoms with Crippen molar-refractivity contribution in [1.29, 1.82) is 0 Å². The number of rotatable bonds is 13. The van der Waals surface area contributed by atoms with Gasteiger partial charge < -0.3 is 19.8 Å². The summed E-state index contributed by atoms with van der Waals surface area (Å²) in [6.07, 6.45) is 11.4. The molecule has 0 spiro atoms. The standard InChI is InChI=1S/C48H60N4O4/c1-11-34-29(6)37-25-42-45(33(10)53)31(8)39(50-42)23-38-30(7)35(18-19-44(55)56-21-20-28(5)17-13-16-27(4)15-12-14-26(2)3)47(51-38)36-22-43(54)46-32(9)40(52-48(36)46)24-41(34)49-37/h14,16,20,23-25,30,33,35,49-50,53H,11-13,15,17-19,21-22H2,1-10H3/b27-16+,28-20+,37-25?,38-23?,39-23?,40-24?,41-24?,42-25?,47-36?/t30-,33-,35-/m0/s1/i23D. The summed E-state index contributed by atoms with van der Waals surface area (Å²) in [5.74, 6) is -0.735. The first-order valence-corrected chi connectivity index (χ1v) is 20.4. The van der Waals surface area contributed by atoms with E-state index in [0.717, 1.165) is 93.4 Å². The van der Waals surface area contributed by atoms with Gasteiger partial charge in [0.15, 0.2) is 5.78 Å². The second-order valence-corrected chi connectivity index (χ2v) is 16.3. The maximum Gasteiger partial charge on any atom is 0.306 e. The molecule has 0 radical (unpaired) electrons. The van der Waals surface area contributed by atoms with Crippen molar-refractivity contribution >= 4 is 45.0 Å². The number of carbonyl (C=O) groups excluding carboxylic acids is 2. The van der Waals surface area contributed by atoms with Crippen molar-refractivity contribution in [2.24, 2.45) is 0 Å². The average Bonchev–Trinajstić information content (AvgIpc) is 3.91. The van der Waals surface area contributed by atoms with Crippen molar-refractivity contribution in [3.63, 3.8) is 0 Å². The zero-order chi connectivity index (χ0) is 41.3. The number of Topliss-reactive ketones (excluding diaryl/α,β-unsaturated/α-hetero) is 1. The van der Waals surface area contributed by atoms with E-state index in [9.17, 15) is 16.1 Å². The second kappa shape index (κ2) is 17.1. The third kappa shape index (κ3) is 8.46. The largest absolute Gasteiger partial charge is 0.461 e. The molecule has 296 valence electrons. The Hall–Kier alpha value is -4.82. The molecule has 0 saturated carbocycles. The number of aromatic amines is 2. The number of esters is 1. The molecule has 8 heteroatoms. The van der Waals surface area contributed by atoms with E-state index in [0.29, 0.717) is 28.9 Å². The molecule has 0 fully saturated rings. The molecule has 3 aromatic rings. The molecular weight excluding hydrogens is 697 g/mol. The van der Waals surface area contributed by atoms with E-state index >= 15 is 0 Å². The average molecular weight is 758 g/mol. The van der Waals surface area contributed by atoms with Gasteiger partial charge in [-0.15, -0.1) is 0 Å².